The lowest BCUT2D eigenvalue weighted by atomic mass is 10.1. The summed E-state index contributed by atoms with van der Waals surface area (Å²) < 4.78 is 10.5. The standard InChI is InChI=1S/C18H25N3O4/c1-24-13-5-6-14(16(12-13)25-2)17(22)21-9-3-4-15(21)18(23)20-10-7-19-8-11-20/h5-6,12,15,19H,3-4,7-11H2,1-2H3. The summed E-state index contributed by atoms with van der Waals surface area (Å²) >= 11 is 0. The Labute approximate surface area is 147 Å². The molecule has 2 saturated heterocycles. The first-order chi connectivity index (χ1) is 12.2. The van der Waals surface area contributed by atoms with Crippen molar-refractivity contribution < 1.29 is 19.1 Å². The fourth-order valence-corrected chi connectivity index (χ4v) is 3.49. The van der Waals surface area contributed by atoms with Crippen molar-refractivity contribution in [2.45, 2.75) is 18.9 Å². The third kappa shape index (κ3) is 3.56. The van der Waals surface area contributed by atoms with Crippen molar-refractivity contribution in [3.8, 4) is 11.5 Å². The van der Waals surface area contributed by atoms with Gasteiger partial charge >= 0.3 is 0 Å². The predicted octanol–water partition coefficient (Wildman–Crippen LogP) is 0.740. The number of likely N-dealkylation sites (tertiary alicyclic amines) is 1. The maximum Gasteiger partial charge on any atom is 0.258 e. The minimum absolute atomic E-state index is 0.0554. The summed E-state index contributed by atoms with van der Waals surface area (Å²) in [6.45, 7) is 3.60. The molecule has 1 unspecified atom stereocenters. The zero-order valence-electron chi connectivity index (χ0n) is 14.8. The Morgan fingerprint density at radius 1 is 1.12 bits per heavy atom. The van der Waals surface area contributed by atoms with Gasteiger partial charge < -0.3 is 24.6 Å². The zero-order valence-corrected chi connectivity index (χ0v) is 14.8. The summed E-state index contributed by atoms with van der Waals surface area (Å²) in [4.78, 5) is 29.4. The van der Waals surface area contributed by atoms with Gasteiger partial charge in [0.05, 0.1) is 19.8 Å². The fraction of sp³-hybridized carbons (Fsp3) is 0.556. The second-order valence-electron chi connectivity index (χ2n) is 6.30. The van der Waals surface area contributed by atoms with Crippen LogP contribution in [-0.2, 0) is 4.79 Å². The molecule has 0 spiro atoms. The molecule has 1 aromatic rings. The number of piperazine rings is 1. The minimum Gasteiger partial charge on any atom is -0.497 e. The second-order valence-corrected chi connectivity index (χ2v) is 6.30. The van der Waals surface area contributed by atoms with E-state index in [2.05, 4.69) is 5.32 Å². The number of benzene rings is 1. The molecular weight excluding hydrogens is 322 g/mol. The topological polar surface area (TPSA) is 71.1 Å². The molecule has 1 aromatic carbocycles. The van der Waals surface area contributed by atoms with Crippen LogP contribution in [0.5, 0.6) is 11.5 Å². The summed E-state index contributed by atoms with van der Waals surface area (Å²) in [6, 6.07) is 4.75. The number of carbonyl (C=O) groups excluding carboxylic acids is 2. The molecule has 1 atom stereocenters. The van der Waals surface area contributed by atoms with Crippen molar-refractivity contribution in [1.29, 1.82) is 0 Å². The van der Waals surface area contributed by atoms with Crippen molar-refractivity contribution in [1.82, 2.24) is 15.1 Å². The molecular formula is C18H25N3O4. The molecule has 1 N–H and O–H groups in total. The number of hydrogen-bond acceptors (Lipinski definition) is 5. The van der Waals surface area contributed by atoms with Crippen LogP contribution in [0, 0.1) is 0 Å². The normalized spacial score (nSPS) is 20.5. The van der Waals surface area contributed by atoms with Crippen molar-refractivity contribution in [2.24, 2.45) is 0 Å². The van der Waals surface area contributed by atoms with Gasteiger partial charge in [0, 0.05) is 38.8 Å². The van der Waals surface area contributed by atoms with E-state index in [9.17, 15) is 9.59 Å². The van der Waals surface area contributed by atoms with Gasteiger partial charge in [0.25, 0.3) is 5.91 Å². The Kier molecular flexibility index (Phi) is 5.43. The highest BCUT2D eigenvalue weighted by atomic mass is 16.5. The van der Waals surface area contributed by atoms with Crippen molar-refractivity contribution in [3.05, 3.63) is 23.8 Å². The van der Waals surface area contributed by atoms with Gasteiger partial charge in [-0.25, -0.2) is 0 Å². The van der Waals surface area contributed by atoms with E-state index < -0.39 is 0 Å². The van der Waals surface area contributed by atoms with Crippen LogP contribution in [0.15, 0.2) is 18.2 Å². The number of nitrogens with one attached hydrogen (secondary N) is 1. The number of hydrogen-bond donors (Lipinski definition) is 1. The molecule has 25 heavy (non-hydrogen) atoms. The van der Waals surface area contributed by atoms with E-state index in [0.29, 0.717) is 43.1 Å². The first kappa shape index (κ1) is 17.5. The van der Waals surface area contributed by atoms with Gasteiger partial charge in [-0.2, -0.15) is 0 Å². The van der Waals surface area contributed by atoms with Gasteiger partial charge in [-0.15, -0.1) is 0 Å². The summed E-state index contributed by atoms with van der Waals surface area (Å²) in [6.07, 6.45) is 1.56. The molecule has 0 radical (unpaired) electrons. The number of amides is 2. The lowest BCUT2D eigenvalue weighted by molar-refractivity contribution is -0.135. The minimum atomic E-state index is -0.377. The molecule has 2 aliphatic heterocycles. The summed E-state index contributed by atoms with van der Waals surface area (Å²) in [7, 11) is 3.10. The molecule has 3 rings (SSSR count). The molecule has 0 bridgehead atoms. The monoisotopic (exact) mass is 347 g/mol. The fourth-order valence-electron chi connectivity index (χ4n) is 3.49. The SMILES string of the molecule is COc1ccc(C(=O)N2CCCC2C(=O)N2CCNCC2)c(OC)c1. The Morgan fingerprint density at radius 2 is 1.88 bits per heavy atom. The Bertz CT molecular complexity index is 643. The van der Waals surface area contributed by atoms with Crippen LogP contribution in [0.1, 0.15) is 23.2 Å². The number of ether oxygens (including phenoxy) is 2. The molecule has 7 nitrogen and oxygen atoms in total. The lowest BCUT2D eigenvalue weighted by Gasteiger charge is -2.33. The zero-order chi connectivity index (χ0) is 17.8. The predicted molar refractivity (Wildman–Crippen MR) is 93.1 cm³/mol. The van der Waals surface area contributed by atoms with E-state index in [1.165, 1.54) is 7.11 Å². The quantitative estimate of drug-likeness (QED) is 0.870. The number of rotatable bonds is 4. The van der Waals surface area contributed by atoms with E-state index >= 15 is 0 Å². The smallest absolute Gasteiger partial charge is 0.258 e. The lowest BCUT2D eigenvalue weighted by Crippen LogP contribution is -2.53. The number of methoxy groups -OCH3 is 2. The van der Waals surface area contributed by atoms with Gasteiger partial charge in [0.2, 0.25) is 5.91 Å². The van der Waals surface area contributed by atoms with Crippen LogP contribution in [0.3, 0.4) is 0 Å². The van der Waals surface area contributed by atoms with Crippen LogP contribution in [0.2, 0.25) is 0 Å². The molecule has 2 heterocycles. The average molecular weight is 347 g/mol. The van der Waals surface area contributed by atoms with Gasteiger partial charge in [-0.3, -0.25) is 9.59 Å². The Hall–Kier alpha value is -2.28. The van der Waals surface area contributed by atoms with E-state index in [1.807, 2.05) is 4.90 Å². The summed E-state index contributed by atoms with van der Waals surface area (Å²) in [5, 5.41) is 3.24. The van der Waals surface area contributed by atoms with Crippen LogP contribution in [0.4, 0.5) is 0 Å². The second kappa shape index (κ2) is 7.74. The van der Waals surface area contributed by atoms with Crippen LogP contribution < -0.4 is 14.8 Å². The summed E-state index contributed by atoms with van der Waals surface area (Å²) in [5.41, 5.74) is 0.461. The molecule has 2 amide bonds. The number of carbonyl (C=O) groups is 2. The molecule has 0 aliphatic carbocycles. The Morgan fingerprint density at radius 3 is 2.56 bits per heavy atom. The van der Waals surface area contributed by atoms with Crippen LogP contribution in [-0.4, -0.2) is 74.6 Å². The summed E-state index contributed by atoms with van der Waals surface area (Å²) in [5.74, 6) is 0.984. The number of nitrogens with zero attached hydrogens (tertiary/aromatic N) is 2. The van der Waals surface area contributed by atoms with Crippen molar-refractivity contribution >= 4 is 11.8 Å². The van der Waals surface area contributed by atoms with Gasteiger partial charge in [0.15, 0.2) is 0 Å². The van der Waals surface area contributed by atoms with Crippen molar-refractivity contribution in [3.63, 3.8) is 0 Å². The first-order valence-corrected chi connectivity index (χ1v) is 8.68. The molecule has 0 saturated carbocycles. The molecule has 7 heteroatoms. The molecule has 2 fully saturated rings. The third-order valence-electron chi connectivity index (χ3n) is 4.87. The molecule has 2 aliphatic rings. The van der Waals surface area contributed by atoms with E-state index in [0.717, 1.165) is 19.5 Å². The van der Waals surface area contributed by atoms with Gasteiger partial charge in [-0.05, 0) is 25.0 Å². The van der Waals surface area contributed by atoms with Gasteiger partial charge in [0.1, 0.15) is 17.5 Å². The van der Waals surface area contributed by atoms with E-state index in [-0.39, 0.29) is 17.9 Å². The molecule has 136 valence electrons. The largest absolute Gasteiger partial charge is 0.497 e. The maximum atomic E-state index is 13.0. The maximum absolute atomic E-state index is 13.0. The highest BCUT2D eigenvalue weighted by Gasteiger charge is 2.37. The van der Waals surface area contributed by atoms with Gasteiger partial charge in [-0.1, -0.05) is 0 Å². The van der Waals surface area contributed by atoms with Crippen LogP contribution >= 0.6 is 0 Å². The van der Waals surface area contributed by atoms with E-state index in [4.69, 9.17) is 9.47 Å². The third-order valence-corrected chi connectivity index (χ3v) is 4.87. The first-order valence-electron chi connectivity index (χ1n) is 8.68. The highest BCUT2D eigenvalue weighted by molar-refractivity contribution is 6.00. The Balaban J connectivity index is 1.79. The van der Waals surface area contributed by atoms with Crippen molar-refractivity contribution in [2.75, 3.05) is 46.9 Å². The highest BCUT2D eigenvalue weighted by Crippen LogP contribution is 2.29. The van der Waals surface area contributed by atoms with E-state index in [1.54, 1.807) is 30.2 Å². The average Bonchev–Trinajstić information content (AvgIpc) is 3.16. The van der Waals surface area contributed by atoms with Crippen LogP contribution in [0.25, 0.3) is 0 Å². The molecule has 0 aromatic heterocycles.